The number of carbonyl (C=O) groups excluding carboxylic acids is 1. The van der Waals surface area contributed by atoms with Crippen molar-refractivity contribution in [1.82, 2.24) is 30.3 Å². The van der Waals surface area contributed by atoms with Gasteiger partial charge < -0.3 is 10.2 Å². The van der Waals surface area contributed by atoms with E-state index in [-0.39, 0.29) is 11.9 Å². The molecule has 0 unspecified atom stereocenters. The first-order valence-corrected chi connectivity index (χ1v) is 9.61. The number of hydrogen-bond acceptors (Lipinski definition) is 5. The molecule has 146 valence electrons. The molecule has 4 rings (SSSR count). The number of H-pyrrole nitrogens is 1. The molecule has 0 bridgehead atoms. The fourth-order valence-corrected chi connectivity index (χ4v) is 4.00. The summed E-state index contributed by atoms with van der Waals surface area (Å²) in [5.41, 5.74) is 2.39. The van der Waals surface area contributed by atoms with E-state index in [1.807, 2.05) is 48.7 Å². The van der Waals surface area contributed by atoms with Crippen LogP contribution >= 0.6 is 0 Å². The van der Waals surface area contributed by atoms with Crippen LogP contribution in [0.2, 0.25) is 0 Å². The van der Waals surface area contributed by atoms with E-state index in [2.05, 4.69) is 44.4 Å². The molecule has 7 heteroatoms. The van der Waals surface area contributed by atoms with Crippen LogP contribution in [0, 0.1) is 5.92 Å². The maximum absolute atomic E-state index is 12.9. The minimum absolute atomic E-state index is 0.0778. The molecule has 1 aliphatic heterocycles. The van der Waals surface area contributed by atoms with Gasteiger partial charge in [0.1, 0.15) is 0 Å². The number of carbonyl (C=O) groups is 1. The second-order valence-corrected chi connectivity index (χ2v) is 7.74. The summed E-state index contributed by atoms with van der Waals surface area (Å²) in [4.78, 5) is 21.9. The van der Waals surface area contributed by atoms with Crippen LogP contribution in [0.3, 0.4) is 0 Å². The van der Waals surface area contributed by atoms with Crippen molar-refractivity contribution < 1.29 is 4.79 Å². The van der Waals surface area contributed by atoms with E-state index in [0.29, 0.717) is 11.6 Å². The first kappa shape index (κ1) is 18.6. The second kappa shape index (κ2) is 8.08. The minimum atomic E-state index is -0.120. The number of aromatic amines is 1. The van der Waals surface area contributed by atoms with Crippen LogP contribution in [0.15, 0.2) is 48.7 Å². The van der Waals surface area contributed by atoms with Crippen molar-refractivity contribution in [2.75, 3.05) is 33.7 Å². The predicted molar refractivity (Wildman–Crippen MR) is 109 cm³/mol. The highest BCUT2D eigenvalue weighted by atomic mass is 16.2. The van der Waals surface area contributed by atoms with Crippen LogP contribution in [-0.2, 0) is 6.54 Å². The number of fused-ring (bicyclic) bond motifs is 1. The van der Waals surface area contributed by atoms with Crippen molar-refractivity contribution in [3.63, 3.8) is 0 Å². The van der Waals surface area contributed by atoms with Crippen molar-refractivity contribution in [2.45, 2.75) is 12.6 Å². The summed E-state index contributed by atoms with van der Waals surface area (Å²) < 4.78 is 0. The number of nitrogens with zero attached hydrogens (tertiary/aromatic N) is 4. The predicted octanol–water partition coefficient (Wildman–Crippen LogP) is 1.75. The Balaban J connectivity index is 1.48. The van der Waals surface area contributed by atoms with Crippen LogP contribution in [0.25, 0.3) is 10.9 Å². The Morgan fingerprint density at radius 3 is 2.82 bits per heavy atom. The Hall–Kier alpha value is -2.77. The Labute approximate surface area is 164 Å². The van der Waals surface area contributed by atoms with Gasteiger partial charge >= 0.3 is 0 Å². The molecule has 1 amide bonds. The lowest BCUT2D eigenvalue weighted by molar-refractivity contribution is 0.0923. The molecule has 1 aliphatic rings. The van der Waals surface area contributed by atoms with E-state index < -0.39 is 0 Å². The lowest BCUT2D eigenvalue weighted by Gasteiger charge is -2.22. The van der Waals surface area contributed by atoms with Crippen molar-refractivity contribution >= 4 is 16.8 Å². The third kappa shape index (κ3) is 4.05. The second-order valence-electron chi connectivity index (χ2n) is 7.74. The maximum atomic E-state index is 12.9. The molecule has 28 heavy (non-hydrogen) atoms. The Kier molecular flexibility index (Phi) is 5.36. The number of benzene rings is 1. The van der Waals surface area contributed by atoms with E-state index in [4.69, 9.17) is 0 Å². The molecular formula is C21H26N6O. The van der Waals surface area contributed by atoms with Crippen molar-refractivity contribution in [2.24, 2.45) is 5.92 Å². The van der Waals surface area contributed by atoms with Gasteiger partial charge in [-0.1, -0.05) is 24.3 Å². The summed E-state index contributed by atoms with van der Waals surface area (Å²) in [5.74, 6) is 0.235. The number of amides is 1. The molecule has 2 aromatic heterocycles. The van der Waals surface area contributed by atoms with Gasteiger partial charge in [-0.2, -0.15) is 5.10 Å². The molecule has 0 spiro atoms. The topological polar surface area (TPSA) is 77.2 Å². The quantitative estimate of drug-likeness (QED) is 0.683. The van der Waals surface area contributed by atoms with Gasteiger partial charge in [0.25, 0.3) is 5.91 Å². The van der Waals surface area contributed by atoms with E-state index in [1.165, 1.54) is 0 Å². The Morgan fingerprint density at radius 1 is 1.21 bits per heavy atom. The number of likely N-dealkylation sites (tertiary alicyclic amines) is 1. The van der Waals surface area contributed by atoms with E-state index in [1.54, 1.807) is 0 Å². The third-order valence-corrected chi connectivity index (χ3v) is 5.23. The maximum Gasteiger partial charge on any atom is 0.272 e. The summed E-state index contributed by atoms with van der Waals surface area (Å²) in [6.45, 7) is 3.46. The molecule has 2 atom stereocenters. The van der Waals surface area contributed by atoms with Crippen molar-refractivity contribution in [1.29, 1.82) is 0 Å². The monoisotopic (exact) mass is 378 g/mol. The minimum Gasteiger partial charge on any atom is -0.346 e. The summed E-state index contributed by atoms with van der Waals surface area (Å²) in [6.07, 6.45) is 1.82. The molecular weight excluding hydrogens is 352 g/mol. The zero-order valence-electron chi connectivity index (χ0n) is 16.3. The average Bonchev–Trinajstić information content (AvgIpc) is 3.26. The molecule has 1 fully saturated rings. The van der Waals surface area contributed by atoms with Crippen molar-refractivity contribution in [3.8, 4) is 0 Å². The number of hydrogen-bond donors (Lipinski definition) is 2. The number of rotatable bonds is 6. The van der Waals surface area contributed by atoms with E-state index >= 15 is 0 Å². The number of nitrogens with one attached hydrogen (secondary N) is 2. The van der Waals surface area contributed by atoms with Crippen LogP contribution in [0.5, 0.6) is 0 Å². The Bertz CT molecular complexity index is 938. The van der Waals surface area contributed by atoms with Crippen LogP contribution in [0.1, 0.15) is 16.2 Å². The third-order valence-electron chi connectivity index (χ3n) is 5.23. The molecule has 1 saturated heterocycles. The zero-order valence-corrected chi connectivity index (χ0v) is 16.3. The number of para-hydroxylation sites is 1. The highest BCUT2D eigenvalue weighted by Crippen LogP contribution is 2.21. The van der Waals surface area contributed by atoms with E-state index in [0.717, 1.165) is 42.8 Å². The van der Waals surface area contributed by atoms with Gasteiger partial charge in [0, 0.05) is 49.7 Å². The summed E-state index contributed by atoms with van der Waals surface area (Å²) in [5, 5.41) is 11.3. The zero-order chi connectivity index (χ0) is 19.5. The lowest BCUT2D eigenvalue weighted by atomic mass is 10.0. The molecule has 2 N–H and O–H groups in total. The Morgan fingerprint density at radius 2 is 2.04 bits per heavy atom. The standard InChI is InChI=1S/C21H26N6O/c1-26(2)11-15-12-27(13-16-7-5-6-10-22-16)14-19(15)23-21(28)20-17-8-3-4-9-18(17)24-25-20/h3-10,15,19H,11-14H2,1-2H3,(H,23,28)(H,24,25)/t15-,19-/m1/s1. The van der Waals surface area contributed by atoms with Crippen LogP contribution in [-0.4, -0.2) is 70.7 Å². The van der Waals surface area contributed by atoms with Gasteiger partial charge in [-0.15, -0.1) is 0 Å². The largest absolute Gasteiger partial charge is 0.346 e. The summed E-state index contributed by atoms with van der Waals surface area (Å²) in [7, 11) is 4.14. The molecule has 0 radical (unpaired) electrons. The van der Waals surface area contributed by atoms with Gasteiger partial charge in [0.05, 0.1) is 11.2 Å². The highest BCUT2D eigenvalue weighted by molar-refractivity contribution is 6.04. The SMILES string of the molecule is CN(C)C[C@@H]1CN(Cc2ccccn2)C[C@H]1NC(=O)c1n[nH]c2ccccc12. The summed E-state index contributed by atoms with van der Waals surface area (Å²) >= 11 is 0. The van der Waals surface area contributed by atoms with Crippen molar-refractivity contribution in [3.05, 3.63) is 60.0 Å². The summed E-state index contributed by atoms with van der Waals surface area (Å²) in [6, 6.07) is 13.8. The highest BCUT2D eigenvalue weighted by Gasteiger charge is 2.34. The fraction of sp³-hybridized carbons (Fsp3) is 0.381. The number of aromatic nitrogens is 3. The average molecular weight is 378 g/mol. The number of pyridine rings is 1. The molecule has 3 heterocycles. The first-order chi connectivity index (χ1) is 13.6. The van der Waals surface area contributed by atoms with E-state index in [9.17, 15) is 4.79 Å². The molecule has 3 aromatic rings. The van der Waals surface area contributed by atoms with Gasteiger partial charge in [-0.25, -0.2) is 0 Å². The van der Waals surface area contributed by atoms with Gasteiger partial charge in [0.2, 0.25) is 0 Å². The first-order valence-electron chi connectivity index (χ1n) is 9.61. The molecule has 7 nitrogen and oxygen atoms in total. The molecule has 0 aliphatic carbocycles. The normalized spacial score (nSPS) is 20.1. The van der Waals surface area contributed by atoms with Crippen LogP contribution < -0.4 is 5.32 Å². The molecule has 0 saturated carbocycles. The van der Waals surface area contributed by atoms with Crippen LogP contribution in [0.4, 0.5) is 0 Å². The lowest BCUT2D eigenvalue weighted by Crippen LogP contribution is -2.43. The van der Waals surface area contributed by atoms with Gasteiger partial charge in [-0.3, -0.25) is 19.8 Å². The fourth-order valence-electron chi connectivity index (χ4n) is 4.00. The smallest absolute Gasteiger partial charge is 0.272 e. The molecule has 1 aromatic carbocycles. The van der Waals surface area contributed by atoms with Gasteiger partial charge in [0.15, 0.2) is 5.69 Å². The van der Waals surface area contributed by atoms with Gasteiger partial charge in [-0.05, 0) is 32.3 Å².